The van der Waals surface area contributed by atoms with Gasteiger partial charge in [0.15, 0.2) is 12.4 Å². The molecule has 0 radical (unpaired) electrons. The van der Waals surface area contributed by atoms with Crippen molar-refractivity contribution in [3.8, 4) is 5.75 Å². The molecule has 0 aliphatic carbocycles. The zero-order valence-corrected chi connectivity index (χ0v) is 15.2. The van der Waals surface area contributed by atoms with E-state index in [1.807, 2.05) is 0 Å². The predicted molar refractivity (Wildman–Crippen MR) is 99.7 cm³/mol. The molecule has 1 saturated heterocycles. The van der Waals surface area contributed by atoms with Crippen molar-refractivity contribution >= 4 is 17.6 Å². The summed E-state index contributed by atoms with van der Waals surface area (Å²) in [6.45, 7) is 0.723. The molecule has 2 aromatic rings. The van der Waals surface area contributed by atoms with Crippen LogP contribution in [0.4, 0.5) is 5.69 Å². The van der Waals surface area contributed by atoms with Crippen molar-refractivity contribution in [1.29, 1.82) is 0 Å². The second kappa shape index (κ2) is 8.98. The molecule has 1 aliphatic rings. The summed E-state index contributed by atoms with van der Waals surface area (Å²) in [5.41, 5.74) is 0.321. The van der Waals surface area contributed by atoms with Crippen LogP contribution in [0.2, 0.25) is 0 Å². The van der Waals surface area contributed by atoms with Gasteiger partial charge in [-0.1, -0.05) is 42.5 Å². The van der Waals surface area contributed by atoms with Gasteiger partial charge in [0.2, 0.25) is 6.10 Å². The van der Waals surface area contributed by atoms with Crippen LogP contribution in [0.5, 0.6) is 5.75 Å². The van der Waals surface area contributed by atoms with E-state index in [0.29, 0.717) is 18.7 Å². The number of nitro groups is 1. The van der Waals surface area contributed by atoms with Crippen molar-refractivity contribution in [3.05, 3.63) is 70.3 Å². The van der Waals surface area contributed by atoms with Crippen LogP contribution < -0.4 is 4.74 Å². The lowest BCUT2D eigenvalue weighted by atomic mass is 10.1. The number of carbonyl (C=O) groups excluding carboxylic acids is 2. The average Bonchev–Trinajstić information content (AvgIpc) is 3.25. The third-order valence-electron chi connectivity index (χ3n) is 4.40. The van der Waals surface area contributed by atoms with Gasteiger partial charge in [-0.3, -0.25) is 14.9 Å². The highest BCUT2D eigenvalue weighted by Gasteiger charge is 2.31. The standard InChI is InChI=1S/C20H20N2O6/c23-18(14-27-17-11-5-4-10-16(17)22(25)26)28-19(15-8-2-1-3-9-15)20(24)21-12-6-7-13-21/h1-5,8-11,19H,6-7,12-14H2/t19-/m1/s1. The topological polar surface area (TPSA) is 99.0 Å². The number of hydrogen-bond donors (Lipinski definition) is 0. The molecule has 0 aromatic heterocycles. The van der Waals surface area contributed by atoms with E-state index in [1.165, 1.54) is 18.2 Å². The summed E-state index contributed by atoms with van der Waals surface area (Å²) in [4.78, 5) is 37.2. The lowest BCUT2D eigenvalue weighted by molar-refractivity contribution is -0.385. The second-order valence-corrected chi connectivity index (χ2v) is 6.33. The highest BCUT2D eigenvalue weighted by Crippen LogP contribution is 2.26. The van der Waals surface area contributed by atoms with Crippen LogP contribution in [0.3, 0.4) is 0 Å². The van der Waals surface area contributed by atoms with Gasteiger partial charge in [0, 0.05) is 24.7 Å². The second-order valence-electron chi connectivity index (χ2n) is 6.33. The molecule has 8 heteroatoms. The van der Waals surface area contributed by atoms with E-state index in [0.717, 1.165) is 12.8 Å². The van der Waals surface area contributed by atoms with Crippen molar-refractivity contribution in [3.63, 3.8) is 0 Å². The Hall–Kier alpha value is -3.42. The van der Waals surface area contributed by atoms with Crippen molar-refractivity contribution in [2.75, 3.05) is 19.7 Å². The zero-order chi connectivity index (χ0) is 19.9. The maximum absolute atomic E-state index is 12.8. The fraction of sp³-hybridized carbons (Fsp3) is 0.300. The fourth-order valence-electron chi connectivity index (χ4n) is 3.02. The number of nitro benzene ring substituents is 1. The third-order valence-corrected chi connectivity index (χ3v) is 4.40. The molecule has 1 heterocycles. The van der Waals surface area contributed by atoms with Crippen molar-refractivity contribution in [1.82, 2.24) is 4.90 Å². The van der Waals surface area contributed by atoms with Crippen molar-refractivity contribution in [2.45, 2.75) is 18.9 Å². The molecule has 0 spiro atoms. The Labute approximate surface area is 161 Å². The van der Waals surface area contributed by atoms with Crippen LogP contribution in [0, 0.1) is 10.1 Å². The first-order chi connectivity index (χ1) is 13.6. The molecule has 1 amide bonds. The molecule has 1 aliphatic heterocycles. The molecule has 0 saturated carbocycles. The number of para-hydroxylation sites is 2. The number of amides is 1. The molecule has 1 fully saturated rings. The highest BCUT2D eigenvalue weighted by atomic mass is 16.6. The lowest BCUT2D eigenvalue weighted by Gasteiger charge is -2.23. The van der Waals surface area contributed by atoms with Gasteiger partial charge in [0.1, 0.15) is 0 Å². The van der Waals surface area contributed by atoms with Gasteiger partial charge in [-0.25, -0.2) is 4.79 Å². The third kappa shape index (κ3) is 4.64. The molecule has 2 aromatic carbocycles. The monoisotopic (exact) mass is 384 g/mol. The molecular formula is C20H20N2O6. The minimum Gasteiger partial charge on any atom is -0.475 e. The SMILES string of the molecule is O=C(COc1ccccc1[N+](=O)[O-])O[C@@H](C(=O)N1CCCC1)c1ccccc1. The normalized spacial score (nSPS) is 14.4. The summed E-state index contributed by atoms with van der Waals surface area (Å²) < 4.78 is 10.7. The number of rotatable bonds is 7. The molecular weight excluding hydrogens is 364 g/mol. The summed E-state index contributed by atoms with van der Waals surface area (Å²) in [6.07, 6.45) is 0.769. The van der Waals surface area contributed by atoms with Gasteiger partial charge in [-0.15, -0.1) is 0 Å². The fourth-order valence-corrected chi connectivity index (χ4v) is 3.02. The smallest absolute Gasteiger partial charge is 0.345 e. The van der Waals surface area contributed by atoms with Gasteiger partial charge < -0.3 is 14.4 Å². The molecule has 0 unspecified atom stereocenters. The molecule has 1 atom stereocenters. The number of ether oxygens (including phenoxy) is 2. The summed E-state index contributed by atoms with van der Waals surface area (Å²) in [7, 11) is 0. The predicted octanol–water partition coefficient (Wildman–Crippen LogP) is 2.88. The molecule has 146 valence electrons. The largest absolute Gasteiger partial charge is 0.475 e. The number of benzene rings is 2. The van der Waals surface area contributed by atoms with Gasteiger partial charge in [0.05, 0.1) is 4.92 Å². The lowest BCUT2D eigenvalue weighted by Crippen LogP contribution is -2.35. The number of hydrogen-bond acceptors (Lipinski definition) is 6. The Balaban J connectivity index is 1.69. The van der Waals surface area contributed by atoms with E-state index < -0.39 is 23.6 Å². The van der Waals surface area contributed by atoms with Gasteiger partial charge >= 0.3 is 11.7 Å². The van der Waals surface area contributed by atoms with Crippen LogP contribution in [0.1, 0.15) is 24.5 Å². The van der Waals surface area contributed by atoms with E-state index in [9.17, 15) is 19.7 Å². The summed E-state index contributed by atoms with van der Waals surface area (Å²) >= 11 is 0. The van der Waals surface area contributed by atoms with Gasteiger partial charge in [-0.2, -0.15) is 0 Å². The number of likely N-dealkylation sites (tertiary alicyclic amines) is 1. The van der Waals surface area contributed by atoms with Crippen LogP contribution in [-0.2, 0) is 14.3 Å². The molecule has 28 heavy (non-hydrogen) atoms. The minimum atomic E-state index is -1.07. The number of carbonyl (C=O) groups is 2. The summed E-state index contributed by atoms with van der Waals surface area (Å²) in [6, 6.07) is 14.5. The van der Waals surface area contributed by atoms with Crippen LogP contribution >= 0.6 is 0 Å². The van der Waals surface area contributed by atoms with Gasteiger partial charge in [-0.05, 0) is 18.9 Å². The van der Waals surface area contributed by atoms with Crippen LogP contribution in [0.25, 0.3) is 0 Å². The van der Waals surface area contributed by atoms with Crippen LogP contribution in [0.15, 0.2) is 54.6 Å². The molecule has 3 rings (SSSR count). The average molecular weight is 384 g/mol. The Bertz CT molecular complexity index is 849. The first kappa shape index (κ1) is 19.3. The Morgan fingerprint density at radius 2 is 1.68 bits per heavy atom. The Morgan fingerprint density at radius 3 is 2.36 bits per heavy atom. The summed E-state index contributed by atoms with van der Waals surface area (Å²) in [5.74, 6) is -1.09. The molecule has 8 nitrogen and oxygen atoms in total. The number of nitrogens with zero attached hydrogens (tertiary/aromatic N) is 2. The van der Waals surface area contributed by atoms with Crippen molar-refractivity contribution in [2.24, 2.45) is 0 Å². The Morgan fingerprint density at radius 1 is 1.04 bits per heavy atom. The van der Waals surface area contributed by atoms with Crippen LogP contribution in [-0.4, -0.2) is 41.4 Å². The summed E-state index contributed by atoms with van der Waals surface area (Å²) in [5, 5.41) is 11.0. The molecule has 0 N–H and O–H groups in total. The zero-order valence-electron chi connectivity index (χ0n) is 15.2. The first-order valence-corrected chi connectivity index (χ1v) is 8.95. The first-order valence-electron chi connectivity index (χ1n) is 8.95. The Kier molecular flexibility index (Phi) is 6.21. The van der Waals surface area contributed by atoms with E-state index in [1.54, 1.807) is 41.3 Å². The molecule has 0 bridgehead atoms. The highest BCUT2D eigenvalue weighted by molar-refractivity contribution is 5.85. The van der Waals surface area contributed by atoms with E-state index in [-0.39, 0.29) is 17.3 Å². The van der Waals surface area contributed by atoms with Crippen molar-refractivity contribution < 1.29 is 24.0 Å². The van der Waals surface area contributed by atoms with E-state index in [2.05, 4.69) is 0 Å². The maximum atomic E-state index is 12.8. The van der Waals surface area contributed by atoms with E-state index >= 15 is 0 Å². The van der Waals surface area contributed by atoms with E-state index in [4.69, 9.17) is 9.47 Å². The number of esters is 1. The maximum Gasteiger partial charge on any atom is 0.345 e. The van der Waals surface area contributed by atoms with Gasteiger partial charge in [0.25, 0.3) is 5.91 Å². The minimum absolute atomic E-state index is 0.0356. The quantitative estimate of drug-likeness (QED) is 0.413.